The van der Waals surface area contributed by atoms with E-state index < -0.39 is 0 Å². The number of halogens is 1. The van der Waals surface area contributed by atoms with Crippen LogP contribution in [0, 0.1) is 5.92 Å². The Kier molecular flexibility index (Phi) is 5.54. The lowest BCUT2D eigenvalue weighted by atomic mass is 9.78. The molecule has 0 aliphatic carbocycles. The monoisotopic (exact) mass is 342 g/mol. The summed E-state index contributed by atoms with van der Waals surface area (Å²) in [6.45, 7) is 4.83. The van der Waals surface area contributed by atoms with Gasteiger partial charge in [0.1, 0.15) is 0 Å². The molecule has 3 rings (SSSR count). The first-order valence-corrected chi connectivity index (χ1v) is 8.75. The third-order valence-electron chi connectivity index (χ3n) is 4.94. The van der Waals surface area contributed by atoms with Crippen LogP contribution in [-0.4, -0.2) is 28.9 Å². The Bertz CT molecular complexity index is 685. The second-order valence-corrected chi connectivity index (χ2v) is 6.95. The minimum atomic E-state index is 0.267. The van der Waals surface area contributed by atoms with E-state index in [1.165, 1.54) is 11.1 Å². The average molecular weight is 343 g/mol. The molecule has 1 saturated heterocycles. The van der Waals surface area contributed by atoms with E-state index in [1.807, 2.05) is 25.1 Å². The van der Waals surface area contributed by atoms with Gasteiger partial charge in [-0.05, 0) is 43.1 Å². The van der Waals surface area contributed by atoms with Crippen LogP contribution in [0.5, 0.6) is 0 Å². The van der Waals surface area contributed by atoms with Gasteiger partial charge in [0.25, 0.3) is 0 Å². The van der Waals surface area contributed by atoms with Gasteiger partial charge >= 0.3 is 0 Å². The standard InChI is InChI=1S/C20H23ClN2O/c1-15(22-24)19-11-12-23(13-16-5-3-2-4-6-16)14-20(19)17-7-9-18(21)10-8-17/h2-10,19-20,24H,11-14H2,1H3/b22-15+/t19-,20-/m1/s1. The van der Waals surface area contributed by atoms with Crippen LogP contribution in [0.15, 0.2) is 59.8 Å². The molecule has 1 aliphatic heterocycles. The zero-order valence-electron chi connectivity index (χ0n) is 13.9. The average Bonchev–Trinajstić information content (AvgIpc) is 2.62. The fraction of sp³-hybridized carbons (Fsp3) is 0.350. The van der Waals surface area contributed by atoms with E-state index in [0.717, 1.165) is 36.8 Å². The molecule has 0 bridgehead atoms. The second kappa shape index (κ2) is 7.82. The van der Waals surface area contributed by atoms with Crippen molar-refractivity contribution in [2.24, 2.45) is 11.1 Å². The lowest BCUT2D eigenvalue weighted by Crippen LogP contribution is -2.41. The van der Waals surface area contributed by atoms with Gasteiger partial charge < -0.3 is 5.21 Å². The summed E-state index contributed by atoms with van der Waals surface area (Å²) >= 11 is 6.04. The highest BCUT2D eigenvalue weighted by Gasteiger charge is 2.32. The van der Waals surface area contributed by atoms with E-state index in [-0.39, 0.29) is 5.92 Å². The molecule has 24 heavy (non-hydrogen) atoms. The summed E-state index contributed by atoms with van der Waals surface area (Å²) in [6.07, 6.45) is 0.996. The van der Waals surface area contributed by atoms with Crippen molar-refractivity contribution in [1.29, 1.82) is 0 Å². The molecule has 2 aromatic rings. The van der Waals surface area contributed by atoms with E-state index in [9.17, 15) is 5.21 Å². The third-order valence-corrected chi connectivity index (χ3v) is 5.19. The smallest absolute Gasteiger partial charge is 0.0577 e. The molecule has 3 nitrogen and oxygen atoms in total. The molecule has 126 valence electrons. The van der Waals surface area contributed by atoms with Crippen molar-refractivity contribution in [2.45, 2.75) is 25.8 Å². The van der Waals surface area contributed by atoms with E-state index in [2.05, 4.69) is 46.5 Å². The van der Waals surface area contributed by atoms with E-state index in [1.54, 1.807) is 0 Å². The topological polar surface area (TPSA) is 35.8 Å². The molecule has 4 heteroatoms. The summed E-state index contributed by atoms with van der Waals surface area (Å²) in [5.41, 5.74) is 3.40. The zero-order chi connectivity index (χ0) is 16.9. The van der Waals surface area contributed by atoms with Gasteiger partial charge in [-0.2, -0.15) is 0 Å². The number of piperidine rings is 1. The zero-order valence-corrected chi connectivity index (χ0v) is 14.7. The van der Waals surface area contributed by atoms with Gasteiger partial charge in [0.2, 0.25) is 0 Å². The van der Waals surface area contributed by atoms with Crippen molar-refractivity contribution < 1.29 is 5.21 Å². The summed E-state index contributed by atoms with van der Waals surface area (Å²) < 4.78 is 0. The van der Waals surface area contributed by atoms with Crippen LogP contribution in [0.2, 0.25) is 5.02 Å². The van der Waals surface area contributed by atoms with Crippen molar-refractivity contribution >= 4 is 17.3 Å². The van der Waals surface area contributed by atoms with Crippen LogP contribution in [0.3, 0.4) is 0 Å². The van der Waals surface area contributed by atoms with Crippen molar-refractivity contribution in [3.63, 3.8) is 0 Å². The number of likely N-dealkylation sites (tertiary alicyclic amines) is 1. The normalized spacial score (nSPS) is 22.5. The molecule has 0 unspecified atom stereocenters. The minimum Gasteiger partial charge on any atom is -0.411 e. The summed E-state index contributed by atoms with van der Waals surface area (Å²) in [5, 5.41) is 13.5. The highest BCUT2D eigenvalue weighted by Crippen LogP contribution is 2.34. The van der Waals surface area contributed by atoms with Crippen molar-refractivity contribution in [3.05, 3.63) is 70.7 Å². The minimum absolute atomic E-state index is 0.267. The van der Waals surface area contributed by atoms with Gasteiger partial charge in [0.15, 0.2) is 0 Å². The third kappa shape index (κ3) is 3.97. The molecule has 0 radical (unpaired) electrons. The Morgan fingerprint density at radius 3 is 2.54 bits per heavy atom. The summed E-state index contributed by atoms with van der Waals surface area (Å²) in [7, 11) is 0. The molecule has 0 amide bonds. The lowest BCUT2D eigenvalue weighted by molar-refractivity contribution is 0.176. The number of rotatable bonds is 4. The van der Waals surface area contributed by atoms with Crippen LogP contribution in [0.1, 0.15) is 30.4 Å². The molecule has 1 heterocycles. The largest absolute Gasteiger partial charge is 0.411 e. The molecule has 0 spiro atoms. The highest BCUT2D eigenvalue weighted by molar-refractivity contribution is 6.30. The first-order valence-electron chi connectivity index (χ1n) is 8.37. The van der Waals surface area contributed by atoms with Gasteiger partial charge in [-0.1, -0.05) is 59.2 Å². The van der Waals surface area contributed by atoms with Crippen LogP contribution in [0.4, 0.5) is 0 Å². The predicted molar refractivity (Wildman–Crippen MR) is 98.9 cm³/mol. The van der Waals surface area contributed by atoms with Gasteiger partial charge in [0.05, 0.1) is 5.71 Å². The Balaban J connectivity index is 1.80. The van der Waals surface area contributed by atoms with E-state index in [0.29, 0.717) is 5.92 Å². The van der Waals surface area contributed by atoms with Crippen molar-refractivity contribution in [3.8, 4) is 0 Å². The summed E-state index contributed by atoms with van der Waals surface area (Å²) in [4.78, 5) is 2.48. The number of oxime groups is 1. The van der Waals surface area contributed by atoms with Crippen molar-refractivity contribution in [1.82, 2.24) is 4.90 Å². The number of hydrogen-bond donors (Lipinski definition) is 1. The predicted octanol–water partition coefficient (Wildman–Crippen LogP) is 4.80. The van der Waals surface area contributed by atoms with Gasteiger partial charge in [-0.25, -0.2) is 0 Å². The van der Waals surface area contributed by atoms with Crippen LogP contribution in [0.25, 0.3) is 0 Å². The maximum absolute atomic E-state index is 9.25. The fourth-order valence-corrected chi connectivity index (χ4v) is 3.75. The molecule has 1 N–H and O–H groups in total. The van der Waals surface area contributed by atoms with Gasteiger partial charge in [0, 0.05) is 29.9 Å². The van der Waals surface area contributed by atoms with Gasteiger partial charge in [-0.15, -0.1) is 0 Å². The molecule has 0 saturated carbocycles. The van der Waals surface area contributed by atoms with Crippen LogP contribution < -0.4 is 0 Å². The first kappa shape index (κ1) is 17.0. The molecule has 1 aliphatic rings. The number of hydrogen-bond acceptors (Lipinski definition) is 3. The Morgan fingerprint density at radius 1 is 1.17 bits per heavy atom. The van der Waals surface area contributed by atoms with Crippen molar-refractivity contribution in [2.75, 3.05) is 13.1 Å². The van der Waals surface area contributed by atoms with Crippen LogP contribution in [-0.2, 0) is 6.54 Å². The summed E-state index contributed by atoms with van der Waals surface area (Å²) in [5.74, 6) is 0.582. The molecule has 2 atom stereocenters. The molecular weight excluding hydrogens is 320 g/mol. The lowest BCUT2D eigenvalue weighted by Gasteiger charge is -2.38. The van der Waals surface area contributed by atoms with E-state index in [4.69, 9.17) is 11.6 Å². The Hall–Kier alpha value is -1.84. The Morgan fingerprint density at radius 2 is 1.88 bits per heavy atom. The SMILES string of the molecule is C/C(=N\O)[C@H]1CCN(Cc2ccccc2)C[C@@H]1c1ccc(Cl)cc1. The fourth-order valence-electron chi connectivity index (χ4n) is 3.63. The molecule has 2 aromatic carbocycles. The van der Waals surface area contributed by atoms with Crippen LogP contribution >= 0.6 is 11.6 Å². The van der Waals surface area contributed by atoms with E-state index >= 15 is 0 Å². The number of benzene rings is 2. The molecule has 0 aromatic heterocycles. The quantitative estimate of drug-likeness (QED) is 0.492. The molecular formula is C20H23ClN2O. The second-order valence-electron chi connectivity index (χ2n) is 6.52. The highest BCUT2D eigenvalue weighted by atomic mass is 35.5. The van der Waals surface area contributed by atoms with Gasteiger partial charge in [-0.3, -0.25) is 4.90 Å². The maximum Gasteiger partial charge on any atom is 0.0577 e. The molecule has 1 fully saturated rings. The number of nitrogens with zero attached hydrogens (tertiary/aromatic N) is 2. The maximum atomic E-state index is 9.25. The Labute approximate surface area is 148 Å². The summed E-state index contributed by atoms with van der Waals surface area (Å²) in [6, 6.07) is 18.6. The first-order chi connectivity index (χ1) is 11.7.